The van der Waals surface area contributed by atoms with Gasteiger partial charge in [-0.3, -0.25) is 9.69 Å². The summed E-state index contributed by atoms with van der Waals surface area (Å²) in [4.78, 5) is 14.7. The van der Waals surface area contributed by atoms with E-state index in [1.54, 1.807) is 13.2 Å². The van der Waals surface area contributed by atoms with Crippen molar-refractivity contribution in [2.24, 2.45) is 0 Å². The van der Waals surface area contributed by atoms with Crippen molar-refractivity contribution < 1.29 is 9.53 Å². The second-order valence-corrected chi connectivity index (χ2v) is 6.75. The Balaban J connectivity index is 1.53. The maximum atomic E-state index is 12.4. The van der Waals surface area contributed by atoms with E-state index < -0.39 is 0 Å². The lowest BCUT2D eigenvalue weighted by Gasteiger charge is -2.28. The lowest BCUT2D eigenvalue weighted by molar-refractivity contribution is 0.0946. The van der Waals surface area contributed by atoms with E-state index in [1.807, 2.05) is 12.1 Å². The monoisotopic (exact) mass is 388 g/mol. The number of hydrogen-bond donors (Lipinski definition) is 1. The summed E-state index contributed by atoms with van der Waals surface area (Å²) >= 11 is 3.42. The Morgan fingerprint density at radius 1 is 1.25 bits per heavy atom. The molecule has 0 aliphatic carbocycles. The molecule has 0 aromatic heterocycles. The van der Waals surface area contributed by atoms with E-state index in [9.17, 15) is 4.79 Å². The molecule has 0 unspecified atom stereocenters. The van der Waals surface area contributed by atoms with Crippen LogP contribution < -0.4 is 10.1 Å². The Morgan fingerprint density at radius 3 is 2.83 bits per heavy atom. The van der Waals surface area contributed by atoms with Crippen molar-refractivity contribution in [2.45, 2.75) is 13.0 Å². The normalized spacial score (nSPS) is 14.1. The second-order valence-electron chi connectivity index (χ2n) is 5.90. The van der Waals surface area contributed by atoms with E-state index in [2.05, 4.69) is 50.4 Å². The Hall–Kier alpha value is -1.85. The van der Waals surface area contributed by atoms with Gasteiger partial charge in [-0.05, 0) is 51.7 Å². The van der Waals surface area contributed by atoms with Gasteiger partial charge >= 0.3 is 0 Å². The summed E-state index contributed by atoms with van der Waals surface area (Å²) in [5, 5.41) is 3.00. The third-order valence-electron chi connectivity index (χ3n) is 4.34. The number of nitrogens with zero attached hydrogens (tertiary/aromatic N) is 1. The highest BCUT2D eigenvalue weighted by molar-refractivity contribution is 9.10. The van der Waals surface area contributed by atoms with Gasteiger partial charge in [0.25, 0.3) is 5.91 Å². The summed E-state index contributed by atoms with van der Waals surface area (Å²) < 4.78 is 5.95. The van der Waals surface area contributed by atoms with E-state index in [4.69, 9.17) is 4.74 Å². The zero-order chi connectivity index (χ0) is 16.9. The lowest BCUT2D eigenvalue weighted by Crippen LogP contribution is -2.37. The predicted octanol–water partition coefficient (Wildman–Crippen LogP) is 3.25. The van der Waals surface area contributed by atoms with Gasteiger partial charge in [-0.25, -0.2) is 0 Å². The maximum absolute atomic E-state index is 12.4. The van der Waals surface area contributed by atoms with Crippen LogP contribution in [0.1, 0.15) is 21.5 Å². The minimum atomic E-state index is -0.0850. The molecule has 1 aliphatic rings. The summed E-state index contributed by atoms with van der Waals surface area (Å²) in [5.74, 6) is 0.592. The molecule has 0 saturated heterocycles. The molecular weight excluding hydrogens is 368 g/mol. The van der Waals surface area contributed by atoms with Crippen LogP contribution in [-0.4, -0.2) is 37.6 Å². The minimum absolute atomic E-state index is 0.0850. The SMILES string of the molecule is COc1ccc(Br)c(C(=O)NCCN2CCc3ccccc3C2)c1. The Kier molecular flexibility index (Phi) is 5.53. The smallest absolute Gasteiger partial charge is 0.252 e. The molecule has 2 aromatic carbocycles. The van der Waals surface area contributed by atoms with E-state index in [0.29, 0.717) is 17.9 Å². The first-order chi connectivity index (χ1) is 11.7. The van der Waals surface area contributed by atoms with Crippen LogP contribution in [0.2, 0.25) is 0 Å². The molecule has 1 amide bonds. The van der Waals surface area contributed by atoms with Crippen LogP contribution in [0, 0.1) is 0 Å². The molecule has 3 rings (SSSR count). The molecule has 5 heteroatoms. The van der Waals surface area contributed by atoms with Gasteiger partial charge in [-0.1, -0.05) is 24.3 Å². The minimum Gasteiger partial charge on any atom is -0.497 e. The van der Waals surface area contributed by atoms with Crippen molar-refractivity contribution in [1.82, 2.24) is 10.2 Å². The summed E-state index contributed by atoms with van der Waals surface area (Å²) in [6, 6.07) is 14.0. The summed E-state index contributed by atoms with van der Waals surface area (Å²) in [7, 11) is 1.60. The largest absolute Gasteiger partial charge is 0.497 e. The number of fused-ring (bicyclic) bond motifs is 1. The van der Waals surface area contributed by atoms with Crippen molar-refractivity contribution in [3.05, 3.63) is 63.6 Å². The number of amides is 1. The van der Waals surface area contributed by atoms with Gasteiger partial charge in [0.15, 0.2) is 0 Å². The molecule has 0 spiro atoms. The Morgan fingerprint density at radius 2 is 2.04 bits per heavy atom. The average Bonchev–Trinajstić information content (AvgIpc) is 2.62. The molecule has 0 saturated carbocycles. The topological polar surface area (TPSA) is 41.6 Å². The van der Waals surface area contributed by atoms with E-state index in [1.165, 1.54) is 11.1 Å². The number of ether oxygens (including phenoxy) is 1. The van der Waals surface area contributed by atoms with Crippen LogP contribution >= 0.6 is 15.9 Å². The van der Waals surface area contributed by atoms with Crippen LogP contribution in [0.3, 0.4) is 0 Å². The fourth-order valence-electron chi connectivity index (χ4n) is 2.97. The first kappa shape index (κ1) is 17.0. The molecule has 4 nitrogen and oxygen atoms in total. The van der Waals surface area contributed by atoms with Crippen LogP contribution in [0.25, 0.3) is 0 Å². The molecule has 0 atom stereocenters. The number of methoxy groups -OCH3 is 1. The number of carbonyl (C=O) groups excluding carboxylic acids is 1. The molecule has 2 aromatic rings. The first-order valence-electron chi connectivity index (χ1n) is 8.08. The van der Waals surface area contributed by atoms with Crippen LogP contribution in [0.4, 0.5) is 0 Å². The molecule has 0 radical (unpaired) electrons. The second kappa shape index (κ2) is 7.81. The van der Waals surface area contributed by atoms with Crippen molar-refractivity contribution >= 4 is 21.8 Å². The molecule has 24 heavy (non-hydrogen) atoms. The Labute approximate surface area is 150 Å². The van der Waals surface area contributed by atoms with Gasteiger partial charge in [-0.2, -0.15) is 0 Å². The molecule has 126 valence electrons. The number of nitrogens with one attached hydrogen (secondary N) is 1. The zero-order valence-electron chi connectivity index (χ0n) is 13.7. The lowest BCUT2D eigenvalue weighted by atomic mass is 10.00. The highest BCUT2D eigenvalue weighted by atomic mass is 79.9. The highest BCUT2D eigenvalue weighted by Crippen LogP contribution is 2.22. The molecule has 1 heterocycles. The summed E-state index contributed by atoms with van der Waals surface area (Å²) in [6.07, 6.45) is 1.07. The maximum Gasteiger partial charge on any atom is 0.252 e. The fraction of sp³-hybridized carbons (Fsp3) is 0.316. The molecule has 0 fully saturated rings. The van der Waals surface area contributed by atoms with E-state index >= 15 is 0 Å². The van der Waals surface area contributed by atoms with Gasteiger partial charge in [0.1, 0.15) is 5.75 Å². The van der Waals surface area contributed by atoms with Gasteiger partial charge in [0.05, 0.1) is 12.7 Å². The number of hydrogen-bond acceptors (Lipinski definition) is 3. The average molecular weight is 389 g/mol. The molecule has 1 aliphatic heterocycles. The van der Waals surface area contributed by atoms with Gasteiger partial charge < -0.3 is 10.1 Å². The van der Waals surface area contributed by atoms with Crippen LogP contribution in [-0.2, 0) is 13.0 Å². The standard InChI is InChI=1S/C19H21BrN2O2/c1-24-16-6-7-18(20)17(12-16)19(23)21-9-11-22-10-8-14-4-2-3-5-15(14)13-22/h2-7,12H,8-11,13H2,1H3,(H,21,23). The number of benzene rings is 2. The molecular formula is C19H21BrN2O2. The highest BCUT2D eigenvalue weighted by Gasteiger charge is 2.16. The fourth-order valence-corrected chi connectivity index (χ4v) is 3.40. The van der Waals surface area contributed by atoms with Gasteiger partial charge in [0.2, 0.25) is 0 Å². The third kappa shape index (κ3) is 3.97. The zero-order valence-corrected chi connectivity index (χ0v) is 15.3. The molecule has 0 bridgehead atoms. The quantitative estimate of drug-likeness (QED) is 0.854. The van der Waals surface area contributed by atoms with Crippen LogP contribution in [0.15, 0.2) is 46.9 Å². The Bertz CT molecular complexity index is 733. The van der Waals surface area contributed by atoms with Gasteiger partial charge in [-0.15, -0.1) is 0 Å². The number of halogens is 1. The molecule has 1 N–H and O–H groups in total. The van der Waals surface area contributed by atoms with Crippen molar-refractivity contribution in [3.8, 4) is 5.75 Å². The first-order valence-corrected chi connectivity index (χ1v) is 8.87. The van der Waals surface area contributed by atoms with Crippen molar-refractivity contribution in [2.75, 3.05) is 26.7 Å². The van der Waals surface area contributed by atoms with Crippen molar-refractivity contribution in [3.63, 3.8) is 0 Å². The van der Waals surface area contributed by atoms with Crippen LogP contribution in [0.5, 0.6) is 5.75 Å². The van der Waals surface area contributed by atoms with E-state index in [0.717, 1.165) is 30.5 Å². The summed E-state index contributed by atoms with van der Waals surface area (Å²) in [5.41, 5.74) is 3.43. The summed E-state index contributed by atoms with van der Waals surface area (Å²) in [6.45, 7) is 3.47. The number of rotatable bonds is 5. The third-order valence-corrected chi connectivity index (χ3v) is 5.03. The van der Waals surface area contributed by atoms with Gasteiger partial charge in [0, 0.05) is 30.7 Å². The van der Waals surface area contributed by atoms with E-state index in [-0.39, 0.29) is 5.91 Å². The predicted molar refractivity (Wildman–Crippen MR) is 98.5 cm³/mol. The van der Waals surface area contributed by atoms with Crippen molar-refractivity contribution in [1.29, 1.82) is 0 Å². The number of carbonyl (C=O) groups is 1.